The van der Waals surface area contributed by atoms with E-state index in [0.717, 1.165) is 23.0 Å². The van der Waals surface area contributed by atoms with E-state index in [2.05, 4.69) is 32.6 Å². The maximum absolute atomic E-state index is 11.8. The van der Waals surface area contributed by atoms with Gasteiger partial charge in [-0.15, -0.1) is 11.3 Å². The Kier molecular flexibility index (Phi) is 4.86. The van der Waals surface area contributed by atoms with Crippen LogP contribution in [-0.4, -0.2) is 29.8 Å². The van der Waals surface area contributed by atoms with Crippen molar-refractivity contribution in [1.82, 2.24) is 10.6 Å². The van der Waals surface area contributed by atoms with Crippen molar-refractivity contribution in [2.24, 2.45) is 5.92 Å². The van der Waals surface area contributed by atoms with Crippen molar-refractivity contribution in [2.75, 3.05) is 13.2 Å². The standard InChI is InChI=1S/C13H19BrN2O2S/c1-13(8-17,9-2-3-9)16-12(18)15-7-6-10-4-5-11(14)19-10/h4-5,9,17H,2-3,6-8H2,1H3,(H2,15,16,18)/t13-/m0/s1. The van der Waals surface area contributed by atoms with Crippen LogP contribution in [0.3, 0.4) is 0 Å². The molecule has 1 aromatic heterocycles. The second-order valence-corrected chi connectivity index (χ2v) is 7.73. The predicted molar refractivity (Wildman–Crippen MR) is 80.5 cm³/mol. The number of urea groups is 1. The Hall–Kier alpha value is -0.590. The number of aliphatic hydroxyl groups excluding tert-OH is 1. The summed E-state index contributed by atoms with van der Waals surface area (Å²) in [4.78, 5) is 13.0. The highest BCUT2D eigenvalue weighted by Crippen LogP contribution is 2.39. The van der Waals surface area contributed by atoms with Crippen LogP contribution in [0.25, 0.3) is 0 Å². The lowest BCUT2D eigenvalue weighted by molar-refractivity contribution is 0.155. The minimum atomic E-state index is -0.476. The van der Waals surface area contributed by atoms with Gasteiger partial charge in [0.05, 0.1) is 15.9 Å². The lowest BCUT2D eigenvalue weighted by Crippen LogP contribution is -2.54. The Balaban J connectivity index is 1.72. The van der Waals surface area contributed by atoms with E-state index in [4.69, 9.17) is 0 Å². The first kappa shape index (κ1) is 14.8. The molecule has 0 spiro atoms. The molecule has 1 aromatic rings. The second-order valence-electron chi connectivity index (χ2n) is 5.19. The number of hydrogen-bond donors (Lipinski definition) is 3. The zero-order valence-electron chi connectivity index (χ0n) is 10.9. The number of nitrogens with one attached hydrogen (secondary N) is 2. The third-order valence-electron chi connectivity index (χ3n) is 3.49. The summed E-state index contributed by atoms with van der Waals surface area (Å²) in [5, 5.41) is 15.1. The summed E-state index contributed by atoms with van der Waals surface area (Å²) in [5.41, 5.74) is -0.476. The van der Waals surface area contributed by atoms with Gasteiger partial charge in [-0.2, -0.15) is 0 Å². The molecule has 0 bridgehead atoms. The van der Waals surface area contributed by atoms with E-state index in [1.54, 1.807) is 11.3 Å². The summed E-state index contributed by atoms with van der Waals surface area (Å²) >= 11 is 5.09. The molecule has 1 fully saturated rings. The van der Waals surface area contributed by atoms with Crippen molar-refractivity contribution in [2.45, 2.75) is 31.7 Å². The number of hydrogen-bond acceptors (Lipinski definition) is 3. The third kappa shape index (κ3) is 4.19. The molecule has 3 N–H and O–H groups in total. The normalized spacial score (nSPS) is 17.8. The fraction of sp³-hybridized carbons (Fsp3) is 0.615. The van der Waals surface area contributed by atoms with Crippen molar-refractivity contribution in [1.29, 1.82) is 0 Å². The predicted octanol–water partition coefficient (Wildman–Crippen LogP) is 2.51. The smallest absolute Gasteiger partial charge is 0.315 e. The summed E-state index contributed by atoms with van der Waals surface area (Å²) in [5.74, 6) is 0.413. The zero-order chi connectivity index (χ0) is 13.9. The van der Waals surface area contributed by atoms with Gasteiger partial charge >= 0.3 is 6.03 Å². The van der Waals surface area contributed by atoms with Gasteiger partial charge in [0.15, 0.2) is 0 Å². The Labute approximate surface area is 125 Å². The van der Waals surface area contributed by atoms with E-state index in [1.165, 1.54) is 4.88 Å². The number of thiophene rings is 1. The van der Waals surface area contributed by atoms with Crippen LogP contribution in [0.1, 0.15) is 24.6 Å². The minimum absolute atomic E-state index is 0.0110. The van der Waals surface area contributed by atoms with Crippen molar-refractivity contribution in [3.63, 3.8) is 0 Å². The number of halogens is 1. The topological polar surface area (TPSA) is 61.4 Å². The first-order valence-corrected chi connectivity index (χ1v) is 8.05. The second kappa shape index (κ2) is 6.24. The molecule has 0 aliphatic heterocycles. The molecule has 2 amide bonds. The Morgan fingerprint density at radius 2 is 2.32 bits per heavy atom. The Morgan fingerprint density at radius 1 is 1.58 bits per heavy atom. The number of carbonyl (C=O) groups excluding carboxylic acids is 1. The van der Waals surface area contributed by atoms with E-state index in [9.17, 15) is 9.90 Å². The van der Waals surface area contributed by atoms with E-state index in [0.29, 0.717) is 12.5 Å². The van der Waals surface area contributed by atoms with Crippen LogP contribution in [-0.2, 0) is 6.42 Å². The van der Waals surface area contributed by atoms with Crippen molar-refractivity contribution in [3.05, 3.63) is 20.8 Å². The van der Waals surface area contributed by atoms with Crippen molar-refractivity contribution in [3.8, 4) is 0 Å². The van der Waals surface area contributed by atoms with E-state index >= 15 is 0 Å². The quantitative estimate of drug-likeness (QED) is 0.741. The molecule has 1 heterocycles. The van der Waals surface area contributed by atoms with Gasteiger partial charge in [0.2, 0.25) is 0 Å². The third-order valence-corrected chi connectivity index (χ3v) is 5.18. The van der Waals surface area contributed by atoms with Gasteiger partial charge in [-0.3, -0.25) is 0 Å². The van der Waals surface area contributed by atoms with Gasteiger partial charge in [0.1, 0.15) is 0 Å². The van der Waals surface area contributed by atoms with Gasteiger partial charge < -0.3 is 15.7 Å². The molecule has 2 rings (SSSR count). The molecule has 1 saturated carbocycles. The van der Waals surface area contributed by atoms with E-state index < -0.39 is 5.54 Å². The molecule has 106 valence electrons. The number of rotatable bonds is 6. The molecule has 1 atom stereocenters. The summed E-state index contributed by atoms with van der Waals surface area (Å²) in [6.07, 6.45) is 2.99. The fourth-order valence-electron chi connectivity index (χ4n) is 2.08. The first-order valence-electron chi connectivity index (χ1n) is 6.44. The number of aliphatic hydroxyl groups is 1. The molecule has 0 aromatic carbocycles. The average molecular weight is 347 g/mol. The van der Waals surface area contributed by atoms with Crippen LogP contribution >= 0.6 is 27.3 Å². The van der Waals surface area contributed by atoms with Gasteiger partial charge in [0.25, 0.3) is 0 Å². The van der Waals surface area contributed by atoms with Crippen molar-refractivity contribution >= 4 is 33.3 Å². The molecular formula is C13H19BrN2O2S. The Morgan fingerprint density at radius 3 is 2.84 bits per heavy atom. The zero-order valence-corrected chi connectivity index (χ0v) is 13.3. The largest absolute Gasteiger partial charge is 0.394 e. The number of carbonyl (C=O) groups is 1. The van der Waals surface area contributed by atoms with Gasteiger partial charge in [-0.1, -0.05) is 0 Å². The molecule has 19 heavy (non-hydrogen) atoms. The monoisotopic (exact) mass is 346 g/mol. The maximum atomic E-state index is 11.8. The lowest BCUT2D eigenvalue weighted by atomic mass is 9.97. The SMILES string of the molecule is C[C@@](CO)(NC(=O)NCCc1ccc(Br)s1)C1CC1. The molecule has 1 aliphatic rings. The molecule has 0 saturated heterocycles. The van der Waals surface area contributed by atoms with Crippen LogP contribution in [0.5, 0.6) is 0 Å². The summed E-state index contributed by atoms with van der Waals surface area (Å²) in [6.45, 7) is 2.49. The average Bonchev–Trinajstić information content (AvgIpc) is 3.14. The van der Waals surface area contributed by atoms with Crippen LogP contribution in [0, 0.1) is 5.92 Å². The number of amides is 2. The summed E-state index contributed by atoms with van der Waals surface area (Å²) in [6, 6.07) is 3.87. The van der Waals surface area contributed by atoms with Crippen LogP contribution in [0.4, 0.5) is 4.79 Å². The van der Waals surface area contributed by atoms with Crippen LogP contribution in [0.15, 0.2) is 15.9 Å². The summed E-state index contributed by atoms with van der Waals surface area (Å²) < 4.78 is 1.11. The van der Waals surface area contributed by atoms with E-state index in [1.807, 2.05) is 13.0 Å². The summed E-state index contributed by atoms with van der Waals surface area (Å²) in [7, 11) is 0. The Bertz CT molecular complexity index is 448. The molecule has 0 unspecified atom stereocenters. The highest BCUT2D eigenvalue weighted by molar-refractivity contribution is 9.11. The van der Waals surface area contributed by atoms with Crippen LogP contribution in [0.2, 0.25) is 0 Å². The van der Waals surface area contributed by atoms with Gasteiger partial charge in [-0.25, -0.2) is 4.79 Å². The van der Waals surface area contributed by atoms with Crippen LogP contribution < -0.4 is 10.6 Å². The fourth-order valence-corrected chi connectivity index (χ4v) is 3.56. The minimum Gasteiger partial charge on any atom is -0.394 e. The first-order chi connectivity index (χ1) is 9.03. The molecule has 6 heteroatoms. The molecule has 4 nitrogen and oxygen atoms in total. The van der Waals surface area contributed by atoms with Gasteiger partial charge in [0, 0.05) is 11.4 Å². The molecule has 0 radical (unpaired) electrons. The molecular weight excluding hydrogens is 328 g/mol. The lowest BCUT2D eigenvalue weighted by Gasteiger charge is -2.28. The van der Waals surface area contributed by atoms with Gasteiger partial charge in [-0.05, 0) is 60.2 Å². The van der Waals surface area contributed by atoms with Crippen molar-refractivity contribution < 1.29 is 9.90 Å². The van der Waals surface area contributed by atoms with E-state index in [-0.39, 0.29) is 12.6 Å². The highest BCUT2D eigenvalue weighted by Gasteiger charge is 2.42. The maximum Gasteiger partial charge on any atom is 0.315 e. The highest BCUT2D eigenvalue weighted by atomic mass is 79.9. The molecule has 1 aliphatic carbocycles.